The molecule has 5 rings (SSSR count). The van der Waals surface area contributed by atoms with E-state index in [0.717, 1.165) is 6.42 Å². The number of carbonyl (C=O) groups excluding carboxylic acids is 1. The zero-order chi connectivity index (χ0) is 40.1. The maximum Gasteiger partial charge on any atom is 0.309 e. The van der Waals surface area contributed by atoms with E-state index in [1.807, 2.05) is 48.5 Å². The molecule has 19 atom stereocenters. The number of hydrogen-bond acceptors (Lipinski definition) is 10. The predicted molar refractivity (Wildman–Crippen MR) is 203 cm³/mol. The van der Waals surface area contributed by atoms with Crippen molar-refractivity contribution in [3.63, 3.8) is 0 Å². The van der Waals surface area contributed by atoms with Gasteiger partial charge in [0.25, 0.3) is 0 Å². The highest BCUT2D eigenvalue weighted by atomic mass is 16.8. The average Bonchev–Trinajstić information content (AvgIpc) is 3.47. The zero-order valence-electron chi connectivity index (χ0n) is 34.8. The summed E-state index contributed by atoms with van der Waals surface area (Å²) in [5.41, 5.74) is -1.63. The first-order valence-electron chi connectivity index (χ1n) is 21.1. The molecule has 0 radical (unpaired) electrons. The first-order chi connectivity index (χ1) is 25.2. The third-order valence-corrected chi connectivity index (χ3v) is 14.8. The molecule has 0 saturated carbocycles. The number of carboxylic acids is 1. The van der Waals surface area contributed by atoms with Crippen LogP contribution in [0.4, 0.5) is 0 Å². The molecule has 0 bridgehead atoms. The molecule has 4 saturated heterocycles. The third kappa shape index (κ3) is 7.88. The Labute approximate surface area is 323 Å². The van der Waals surface area contributed by atoms with Crippen molar-refractivity contribution in [2.24, 2.45) is 47.3 Å². The van der Waals surface area contributed by atoms with Crippen molar-refractivity contribution in [2.45, 2.75) is 199 Å². The second-order valence-electron chi connectivity index (χ2n) is 18.5. The van der Waals surface area contributed by atoms with Gasteiger partial charge in [0.1, 0.15) is 11.9 Å². The van der Waals surface area contributed by atoms with Gasteiger partial charge in [-0.3, -0.25) is 9.59 Å². The van der Waals surface area contributed by atoms with E-state index < -0.39 is 76.8 Å². The summed E-state index contributed by atoms with van der Waals surface area (Å²) >= 11 is 0. The van der Waals surface area contributed by atoms with Crippen molar-refractivity contribution < 1.29 is 53.7 Å². The maximum atomic E-state index is 14.5. The van der Waals surface area contributed by atoms with Gasteiger partial charge in [0.15, 0.2) is 5.79 Å². The Morgan fingerprint density at radius 2 is 1.48 bits per heavy atom. The van der Waals surface area contributed by atoms with E-state index in [9.17, 15) is 30.0 Å². The highest BCUT2D eigenvalue weighted by molar-refractivity contribution is 5.84. The lowest BCUT2D eigenvalue weighted by molar-refractivity contribution is -0.409. The van der Waals surface area contributed by atoms with E-state index in [-0.39, 0.29) is 47.8 Å². The summed E-state index contributed by atoms with van der Waals surface area (Å²) < 4.78 is 33.6. The lowest BCUT2D eigenvalue weighted by atomic mass is 9.72. The topological polar surface area (TPSA) is 161 Å². The normalized spacial score (nSPS) is 46.9. The molecule has 5 heterocycles. The summed E-state index contributed by atoms with van der Waals surface area (Å²) in [6, 6.07) is 0. The van der Waals surface area contributed by atoms with E-state index in [1.165, 1.54) is 0 Å². The molecule has 0 unspecified atom stereocenters. The molecule has 0 aliphatic carbocycles. The second-order valence-corrected chi connectivity index (χ2v) is 18.5. The van der Waals surface area contributed by atoms with E-state index in [4.69, 9.17) is 23.7 Å². The first kappa shape index (κ1) is 43.7. The van der Waals surface area contributed by atoms with Crippen LogP contribution in [0.2, 0.25) is 0 Å². The van der Waals surface area contributed by atoms with E-state index in [0.29, 0.717) is 51.4 Å². The molecule has 0 aromatic heterocycles. The fraction of sp³-hybridized carbons (Fsp3) is 0.907. The fourth-order valence-corrected chi connectivity index (χ4v) is 10.9. The van der Waals surface area contributed by atoms with Crippen molar-refractivity contribution in [3.8, 4) is 0 Å². The van der Waals surface area contributed by atoms with Gasteiger partial charge in [0, 0.05) is 30.1 Å². The summed E-state index contributed by atoms with van der Waals surface area (Å²) in [6.07, 6.45) is 4.75. The van der Waals surface area contributed by atoms with Gasteiger partial charge < -0.3 is 44.1 Å². The quantitative estimate of drug-likeness (QED) is 0.162. The maximum absolute atomic E-state index is 14.5. The zero-order valence-corrected chi connectivity index (χ0v) is 34.8. The number of aliphatic hydroxyl groups is 3. The molecule has 5 aliphatic heterocycles. The van der Waals surface area contributed by atoms with Gasteiger partial charge in [0.05, 0.1) is 53.7 Å². The van der Waals surface area contributed by atoms with Crippen LogP contribution in [0.1, 0.15) is 134 Å². The standard InChI is InChI=1S/C43H72O11/c1-12-30(35(46)27(8)34(45)28(9)36-23(4)21-24(5)37(51-36)31(13-2)39(47)48)38-25(6)22-26(7)42(52-38)18-15-32(44)43(54-42)20-19-40(11,53-43)33-16-17-41(49,14-3)29(10)50-33/h15,18,23-34,36-38,44-45,49H,12-14,16-17,19-22H2,1-11H3,(H,47,48)/t23-,24-,25-,26+,27-,28-,29-,30+,31+,32-,33+,34+,36+,37+,38-,40-,41+,42-,43-/m0/s1. The summed E-state index contributed by atoms with van der Waals surface area (Å²) in [4.78, 5) is 26.6. The molecule has 11 heteroatoms. The molecule has 11 nitrogen and oxygen atoms in total. The van der Waals surface area contributed by atoms with Crippen molar-refractivity contribution in [1.82, 2.24) is 0 Å². The molecular formula is C43H72O11. The molecule has 5 aliphatic rings. The monoisotopic (exact) mass is 765 g/mol. The van der Waals surface area contributed by atoms with Crippen LogP contribution in [-0.2, 0) is 33.3 Å². The van der Waals surface area contributed by atoms with Crippen LogP contribution in [0.15, 0.2) is 12.2 Å². The highest BCUT2D eigenvalue weighted by Gasteiger charge is 2.63. The van der Waals surface area contributed by atoms with Crippen molar-refractivity contribution in [2.75, 3.05) is 0 Å². The van der Waals surface area contributed by atoms with Crippen LogP contribution in [0.25, 0.3) is 0 Å². The van der Waals surface area contributed by atoms with Gasteiger partial charge in [0.2, 0.25) is 5.79 Å². The van der Waals surface area contributed by atoms with Gasteiger partial charge in [-0.1, -0.05) is 62.3 Å². The van der Waals surface area contributed by atoms with E-state index in [1.54, 1.807) is 19.1 Å². The number of aliphatic hydroxyl groups excluding tert-OH is 2. The van der Waals surface area contributed by atoms with Crippen LogP contribution in [0.5, 0.6) is 0 Å². The van der Waals surface area contributed by atoms with Gasteiger partial charge in [-0.25, -0.2) is 0 Å². The van der Waals surface area contributed by atoms with E-state index in [2.05, 4.69) is 20.8 Å². The number of ketones is 1. The van der Waals surface area contributed by atoms with Crippen molar-refractivity contribution in [3.05, 3.63) is 12.2 Å². The Morgan fingerprint density at radius 1 is 0.852 bits per heavy atom. The Morgan fingerprint density at radius 3 is 2.07 bits per heavy atom. The lowest BCUT2D eigenvalue weighted by Crippen LogP contribution is -2.63. The van der Waals surface area contributed by atoms with Crippen molar-refractivity contribution in [1.29, 1.82) is 0 Å². The molecule has 2 spiro atoms. The molecular weight excluding hydrogens is 692 g/mol. The number of carboxylic acid groups (broad SMARTS) is 1. The molecule has 310 valence electrons. The fourth-order valence-electron chi connectivity index (χ4n) is 10.9. The molecule has 4 N–H and O–H groups in total. The van der Waals surface area contributed by atoms with Crippen LogP contribution in [0.3, 0.4) is 0 Å². The van der Waals surface area contributed by atoms with Gasteiger partial charge in [-0.2, -0.15) is 0 Å². The largest absolute Gasteiger partial charge is 0.481 e. The summed E-state index contributed by atoms with van der Waals surface area (Å²) in [6.45, 7) is 21.7. The number of ether oxygens (including phenoxy) is 5. The lowest BCUT2D eigenvalue weighted by Gasteiger charge is -2.54. The van der Waals surface area contributed by atoms with Gasteiger partial charge in [-0.05, 0) is 95.1 Å². The van der Waals surface area contributed by atoms with Crippen LogP contribution in [-0.4, -0.2) is 97.7 Å². The minimum Gasteiger partial charge on any atom is -0.481 e. The van der Waals surface area contributed by atoms with Crippen LogP contribution < -0.4 is 0 Å². The van der Waals surface area contributed by atoms with Gasteiger partial charge >= 0.3 is 5.97 Å². The highest BCUT2D eigenvalue weighted by Crippen LogP contribution is 2.54. The summed E-state index contributed by atoms with van der Waals surface area (Å²) in [7, 11) is 0. The minimum atomic E-state index is -1.37. The van der Waals surface area contributed by atoms with Crippen LogP contribution >= 0.6 is 0 Å². The molecule has 0 aromatic rings. The van der Waals surface area contributed by atoms with E-state index >= 15 is 0 Å². The molecule has 4 fully saturated rings. The SMILES string of the molecule is CC[C@H](C(=O)[C@@H](C)[C@@H](O)[C@H](C)[C@@H]1O[C@@H]([C@@H](CC)C(=O)O)[C@@H](C)C[C@@H]1C)[C@H]1O[C@]2(C=C[C@H](O)[C@]3(CC[C@@](C)([C@H]4CC[C@](O)(CC)[C@H](C)O4)O3)O2)[C@H](C)C[C@@H]1C. The summed E-state index contributed by atoms with van der Waals surface area (Å²) in [5, 5.41) is 44.2. The Balaban J connectivity index is 1.32. The molecule has 54 heavy (non-hydrogen) atoms. The number of rotatable bonds is 12. The third-order valence-electron chi connectivity index (χ3n) is 14.8. The second kappa shape index (κ2) is 16.4. The molecule has 0 aromatic carbocycles. The first-order valence-corrected chi connectivity index (χ1v) is 21.1. The Kier molecular flexibility index (Phi) is 13.3. The minimum absolute atomic E-state index is 0.0104. The smallest absolute Gasteiger partial charge is 0.309 e. The van der Waals surface area contributed by atoms with Gasteiger partial charge in [-0.15, -0.1) is 0 Å². The van der Waals surface area contributed by atoms with Crippen LogP contribution in [0, 0.1) is 47.3 Å². The Hall–Kier alpha value is -1.44. The predicted octanol–water partition coefficient (Wildman–Crippen LogP) is 6.43. The number of Topliss-reactive ketones (excluding diaryl/α,β-unsaturated/α-hetero) is 1. The number of carbonyl (C=O) groups is 2. The average molecular weight is 765 g/mol. The molecule has 0 amide bonds. The summed E-state index contributed by atoms with van der Waals surface area (Å²) in [5.74, 6) is -5.80. The van der Waals surface area contributed by atoms with Crippen molar-refractivity contribution >= 4 is 11.8 Å². The number of aliphatic carboxylic acids is 1. The number of hydrogen-bond donors (Lipinski definition) is 4. The Bertz CT molecular complexity index is 1360.